The minimum Gasteiger partial charge on any atom is -0.320 e. The highest BCUT2D eigenvalue weighted by molar-refractivity contribution is 5.13. The van der Waals surface area contributed by atoms with E-state index < -0.39 is 0 Å². The van der Waals surface area contributed by atoms with E-state index in [0.717, 1.165) is 11.8 Å². The van der Waals surface area contributed by atoms with E-state index in [1.54, 1.807) is 0 Å². The molecule has 3 saturated heterocycles. The van der Waals surface area contributed by atoms with E-state index in [-0.39, 0.29) is 0 Å². The smallest absolute Gasteiger partial charge is 0.104 e. The molecule has 18 heavy (non-hydrogen) atoms. The number of hydrogen-bond acceptors (Lipinski definition) is 0. The van der Waals surface area contributed by atoms with Gasteiger partial charge in [0.1, 0.15) is 6.54 Å². The van der Waals surface area contributed by atoms with Crippen LogP contribution in [0.15, 0.2) is 30.3 Å². The highest BCUT2D eigenvalue weighted by atomic mass is 15.4. The third-order valence-corrected chi connectivity index (χ3v) is 5.26. The molecule has 98 valence electrons. The summed E-state index contributed by atoms with van der Waals surface area (Å²) in [7, 11) is 0. The molecule has 0 aromatic heterocycles. The fourth-order valence-electron chi connectivity index (χ4n) is 4.33. The molecule has 4 rings (SSSR count). The van der Waals surface area contributed by atoms with Crippen LogP contribution in [0.4, 0.5) is 0 Å². The van der Waals surface area contributed by atoms with Gasteiger partial charge in [0.2, 0.25) is 0 Å². The molecule has 0 aliphatic carbocycles. The Morgan fingerprint density at radius 2 is 1.83 bits per heavy atom. The van der Waals surface area contributed by atoms with E-state index in [2.05, 4.69) is 37.3 Å². The number of fused-ring (bicyclic) bond motifs is 3. The zero-order chi connectivity index (χ0) is 12.4. The maximum absolute atomic E-state index is 2.35. The molecule has 0 radical (unpaired) electrons. The normalized spacial score (nSPS) is 34.7. The molecule has 1 nitrogen and oxygen atoms in total. The first-order valence-corrected chi connectivity index (χ1v) is 7.70. The highest BCUT2D eigenvalue weighted by Gasteiger charge is 2.44. The van der Waals surface area contributed by atoms with Gasteiger partial charge in [0.25, 0.3) is 0 Å². The number of benzene rings is 1. The first-order chi connectivity index (χ1) is 8.81. The van der Waals surface area contributed by atoms with Crippen molar-refractivity contribution in [3.8, 4) is 0 Å². The lowest BCUT2D eigenvalue weighted by Gasteiger charge is -2.53. The summed E-state index contributed by atoms with van der Waals surface area (Å²) in [4.78, 5) is 0. The summed E-state index contributed by atoms with van der Waals surface area (Å²) >= 11 is 0. The van der Waals surface area contributed by atoms with Gasteiger partial charge in [0.15, 0.2) is 0 Å². The van der Waals surface area contributed by atoms with Gasteiger partial charge in [-0.15, -0.1) is 0 Å². The highest BCUT2D eigenvalue weighted by Crippen LogP contribution is 2.40. The summed E-state index contributed by atoms with van der Waals surface area (Å²) in [5, 5.41) is 0. The van der Waals surface area contributed by atoms with Crippen LogP contribution in [0, 0.1) is 11.8 Å². The van der Waals surface area contributed by atoms with Crippen molar-refractivity contribution in [3.05, 3.63) is 35.9 Å². The van der Waals surface area contributed by atoms with Gasteiger partial charge in [-0.2, -0.15) is 0 Å². The van der Waals surface area contributed by atoms with Crippen LogP contribution in [0.2, 0.25) is 0 Å². The van der Waals surface area contributed by atoms with Gasteiger partial charge >= 0.3 is 0 Å². The Morgan fingerprint density at radius 3 is 2.50 bits per heavy atom. The van der Waals surface area contributed by atoms with Crippen LogP contribution in [0.25, 0.3) is 0 Å². The lowest BCUT2D eigenvalue weighted by molar-refractivity contribution is -0.959. The van der Waals surface area contributed by atoms with Crippen LogP contribution in [0.1, 0.15) is 38.2 Å². The first-order valence-electron chi connectivity index (χ1n) is 7.70. The van der Waals surface area contributed by atoms with Crippen molar-refractivity contribution in [2.24, 2.45) is 11.8 Å². The van der Waals surface area contributed by atoms with Crippen molar-refractivity contribution in [1.82, 2.24) is 0 Å². The molecule has 0 N–H and O–H groups in total. The number of hydrogen-bond donors (Lipinski definition) is 0. The average molecular weight is 244 g/mol. The maximum Gasteiger partial charge on any atom is 0.104 e. The van der Waals surface area contributed by atoms with Crippen LogP contribution >= 0.6 is 0 Å². The monoisotopic (exact) mass is 244 g/mol. The van der Waals surface area contributed by atoms with E-state index in [1.165, 1.54) is 61.9 Å². The lowest BCUT2D eigenvalue weighted by Crippen LogP contribution is -2.61. The third-order valence-electron chi connectivity index (χ3n) is 5.26. The van der Waals surface area contributed by atoms with E-state index in [1.807, 2.05) is 0 Å². The SMILES string of the molecule is CCC[C@@H]1C[N+]2(Cc3ccccc3)CCC1CC2. The second-order valence-electron chi connectivity index (χ2n) is 6.50. The zero-order valence-corrected chi connectivity index (χ0v) is 11.6. The summed E-state index contributed by atoms with van der Waals surface area (Å²) < 4.78 is 1.38. The summed E-state index contributed by atoms with van der Waals surface area (Å²) in [6.45, 7) is 7.93. The first kappa shape index (κ1) is 12.2. The number of piperidine rings is 3. The molecular formula is C17H26N+. The molecule has 1 aromatic rings. The molecule has 1 aromatic carbocycles. The minimum absolute atomic E-state index is 1.02. The van der Waals surface area contributed by atoms with Crippen LogP contribution in [0.5, 0.6) is 0 Å². The summed E-state index contributed by atoms with van der Waals surface area (Å²) in [6.07, 6.45) is 5.79. The molecule has 2 bridgehead atoms. The molecule has 3 fully saturated rings. The second-order valence-corrected chi connectivity index (χ2v) is 6.50. The molecule has 0 unspecified atom stereocenters. The van der Waals surface area contributed by atoms with Gasteiger partial charge in [-0.05, 0) is 12.3 Å². The van der Waals surface area contributed by atoms with Crippen LogP contribution in [0.3, 0.4) is 0 Å². The summed E-state index contributed by atoms with van der Waals surface area (Å²) in [5.41, 5.74) is 1.54. The maximum atomic E-state index is 2.35. The third kappa shape index (κ3) is 2.33. The fourth-order valence-corrected chi connectivity index (χ4v) is 4.33. The van der Waals surface area contributed by atoms with Crippen molar-refractivity contribution in [1.29, 1.82) is 0 Å². The van der Waals surface area contributed by atoms with Crippen LogP contribution < -0.4 is 0 Å². The second kappa shape index (κ2) is 5.05. The molecular weight excluding hydrogens is 218 g/mol. The Kier molecular flexibility index (Phi) is 3.43. The van der Waals surface area contributed by atoms with Crippen molar-refractivity contribution >= 4 is 0 Å². The zero-order valence-electron chi connectivity index (χ0n) is 11.6. The average Bonchev–Trinajstić information content (AvgIpc) is 2.41. The molecule has 1 atom stereocenters. The standard InChI is InChI=1S/C17H26N/c1-2-6-17-14-18(11-9-16(17)10-12-18)13-15-7-4-3-5-8-15/h3-5,7-8,16-17H,2,6,9-14H2,1H3/q+1/t16?,17-,18?/m1/s1. The van der Waals surface area contributed by atoms with Crippen molar-refractivity contribution in [2.45, 2.75) is 39.2 Å². The van der Waals surface area contributed by atoms with E-state index >= 15 is 0 Å². The molecule has 3 aliphatic rings. The minimum atomic E-state index is 1.02. The largest absolute Gasteiger partial charge is 0.320 e. The molecule has 0 amide bonds. The lowest BCUT2D eigenvalue weighted by atomic mass is 9.75. The topological polar surface area (TPSA) is 0 Å². The molecule has 3 aliphatic heterocycles. The van der Waals surface area contributed by atoms with Gasteiger partial charge in [-0.3, -0.25) is 0 Å². The van der Waals surface area contributed by atoms with Crippen molar-refractivity contribution in [3.63, 3.8) is 0 Å². The molecule has 1 heteroatoms. The molecule has 3 heterocycles. The Balaban J connectivity index is 1.73. The molecule has 0 spiro atoms. The van der Waals surface area contributed by atoms with Crippen molar-refractivity contribution in [2.75, 3.05) is 19.6 Å². The number of rotatable bonds is 4. The van der Waals surface area contributed by atoms with Crippen LogP contribution in [-0.2, 0) is 6.54 Å². The predicted octanol–water partition coefficient (Wildman–Crippen LogP) is 3.84. The van der Waals surface area contributed by atoms with Gasteiger partial charge in [-0.1, -0.05) is 43.7 Å². The van der Waals surface area contributed by atoms with Gasteiger partial charge in [0, 0.05) is 24.3 Å². The predicted molar refractivity (Wildman–Crippen MR) is 76.1 cm³/mol. The van der Waals surface area contributed by atoms with Gasteiger partial charge in [-0.25, -0.2) is 0 Å². The quantitative estimate of drug-likeness (QED) is 0.706. The Labute approximate surface area is 111 Å². The van der Waals surface area contributed by atoms with E-state index in [4.69, 9.17) is 0 Å². The van der Waals surface area contributed by atoms with Gasteiger partial charge in [0.05, 0.1) is 19.6 Å². The Bertz CT molecular complexity index is 376. The van der Waals surface area contributed by atoms with Crippen LogP contribution in [-0.4, -0.2) is 24.1 Å². The summed E-state index contributed by atoms with van der Waals surface area (Å²) in [5.74, 6) is 2.07. The number of nitrogens with zero attached hydrogens (tertiary/aromatic N) is 1. The molecule has 0 saturated carbocycles. The number of quaternary nitrogens is 1. The summed E-state index contributed by atoms with van der Waals surface area (Å²) in [6, 6.07) is 11.1. The Morgan fingerprint density at radius 1 is 1.11 bits per heavy atom. The fraction of sp³-hybridized carbons (Fsp3) is 0.647. The van der Waals surface area contributed by atoms with E-state index in [0.29, 0.717) is 0 Å². The van der Waals surface area contributed by atoms with Crippen molar-refractivity contribution < 1.29 is 4.48 Å². The Hall–Kier alpha value is -0.820. The van der Waals surface area contributed by atoms with Gasteiger partial charge < -0.3 is 4.48 Å². The van der Waals surface area contributed by atoms with E-state index in [9.17, 15) is 0 Å².